The van der Waals surface area contributed by atoms with Gasteiger partial charge in [0.05, 0.1) is 17.4 Å². The van der Waals surface area contributed by atoms with E-state index in [9.17, 15) is 0 Å². The smallest absolute Gasteiger partial charge is 0.225 e. The normalized spacial score (nSPS) is 9.92. The van der Waals surface area contributed by atoms with Crippen molar-refractivity contribution in [3.8, 4) is 0 Å². The Kier molecular flexibility index (Phi) is 3.29. The minimum absolute atomic E-state index is 0.575. The van der Waals surface area contributed by atoms with E-state index in [1.165, 1.54) is 0 Å². The highest BCUT2D eigenvalue weighted by atomic mass is 35.5. The SMILES string of the molecule is CCN(CC)c1ncc(Cl)cn1. The largest absolute Gasteiger partial charge is 0.341 e. The van der Waals surface area contributed by atoms with Crippen molar-refractivity contribution in [1.29, 1.82) is 0 Å². The molecule has 0 saturated heterocycles. The molecule has 0 unspecified atom stereocenters. The van der Waals surface area contributed by atoms with Crippen molar-refractivity contribution in [2.75, 3.05) is 18.0 Å². The lowest BCUT2D eigenvalue weighted by Gasteiger charge is -2.17. The molecule has 12 heavy (non-hydrogen) atoms. The summed E-state index contributed by atoms with van der Waals surface area (Å²) in [7, 11) is 0. The van der Waals surface area contributed by atoms with E-state index in [-0.39, 0.29) is 0 Å². The van der Waals surface area contributed by atoms with Crippen LogP contribution < -0.4 is 4.90 Å². The molecule has 1 rings (SSSR count). The second-order valence-electron chi connectivity index (χ2n) is 2.37. The minimum Gasteiger partial charge on any atom is -0.341 e. The molecule has 0 fully saturated rings. The van der Waals surface area contributed by atoms with E-state index in [0.29, 0.717) is 5.02 Å². The number of rotatable bonds is 3. The predicted molar refractivity (Wildman–Crippen MR) is 50.6 cm³/mol. The Bertz CT molecular complexity index is 231. The van der Waals surface area contributed by atoms with Crippen LogP contribution in [0.25, 0.3) is 0 Å². The van der Waals surface area contributed by atoms with Crippen molar-refractivity contribution in [1.82, 2.24) is 9.97 Å². The maximum atomic E-state index is 5.66. The van der Waals surface area contributed by atoms with Gasteiger partial charge in [-0.3, -0.25) is 0 Å². The average Bonchev–Trinajstić information content (AvgIpc) is 2.10. The van der Waals surface area contributed by atoms with Gasteiger partial charge in [-0.05, 0) is 13.8 Å². The Morgan fingerprint density at radius 1 is 1.25 bits per heavy atom. The maximum Gasteiger partial charge on any atom is 0.225 e. The number of anilines is 1. The zero-order valence-electron chi connectivity index (χ0n) is 7.29. The van der Waals surface area contributed by atoms with Gasteiger partial charge in [-0.25, -0.2) is 9.97 Å². The molecule has 0 aliphatic rings. The fraction of sp³-hybridized carbons (Fsp3) is 0.500. The van der Waals surface area contributed by atoms with Gasteiger partial charge in [0.1, 0.15) is 0 Å². The van der Waals surface area contributed by atoms with Crippen molar-refractivity contribution < 1.29 is 0 Å². The quantitative estimate of drug-likeness (QED) is 0.721. The van der Waals surface area contributed by atoms with Crippen LogP contribution in [-0.2, 0) is 0 Å². The molecule has 0 bridgehead atoms. The van der Waals surface area contributed by atoms with E-state index in [2.05, 4.69) is 28.7 Å². The number of nitrogens with zero attached hydrogens (tertiary/aromatic N) is 3. The van der Waals surface area contributed by atoms with Crippen molar-refractivity contribution >= 4 is 17.5 Å². The van der Waals surface area contributed by atoms with Gasteiger partial charge in [-0.2, -0.15) is 0 Å². The van der Waals surface area contributed by atoms with Gasteiger partial charge in [0, 0.05) is 13.1 Å². The molecule has 0 atom stereocenters. The summed E-state index contributed by atoms with van der Waals surface area (Å²) in [4.78, 5) is 10.3. The van der Waals surface area contributed by atoms with Crippen molar-refractivity contribution in [2.24, 2.45) is 0 Å². The lowest BCUT2D eigenvalue weighted by molar-refractivity contribution is 0.821. The molecule has 4 heteroatoms. The van der Waals surface area contributed by atoms with Crippen molar-refractivity contribution in [3.05, 3.63) is 17.4 Å². The molecule has 66 valence electrons. The first kappa shape index (κ1) is 9.26. The number of hydrogen-bond donors (Lipinski definition) is 0. The minimum atomic E-state index is 0.575. The summed E-state index contributed by atoms with van der Waals surface area (Å²) < 4.78 is 0. The first-order valence-corrected chi connectivity index (χ1v) is 4.38. The van der Waals surface area contributed by atoms with Crippen LogP contribution in [0.5, 0.6) is 0 Å². The summed E-state index contributed by atoms with van der Waals surface area (Å²) in [6, 6.07) is 0. The van der Waals surface area contributed by atoms with E-state index in [0.717, 1.165) is 19.0 Å². The Balaban J connectivity index is 2.80. The topological polar surface area (TPSA) is 29.0 Å². The molecular weight excluding hydrogens is 174 g/mol. The third-order valence-corrected chi connectivity index (χ3v) is 1.85. The number of aromatic nitrogens is 2. The molecule has 1 aromatic heterocycles. The molecule has 3 nitrogen and oxygen atoms in total. The number of hydrogen-bond acceptors (Lipinski definition) is 3. The third kappa shape index (κ3) is 2.08. The van der Waals surface area contributed by atoms with E-state index >= 15 is 0 Å². The molecular formula is C8H12ClN3. The van der Waals surface area contributed by atoms with Crippen LogP contribution in [0.1, 0.15) is 13.8 Å². The molecule has 0 aliphatic heterocycles. The van der Waals surface area contributed by atoms with E-state index < -0.39 is 0 Å². The summed E-state index contributed by atoms with van der Waals surface area (Å²) in [5.41, 5.74) is 0. The van der Waals surface area contributed by atoms with Gasteiger partial charge in [0.2, 0.25) is 5.95 Å². The molecule has 1 heterocycles. The third-order valence-electron chi connectivity index (χ3n) is 1.65. The predicted octanol–water partition coefficient (Wildman–Crippen LogP) is 1.98. The van der Waals surface area contributed by atoms with Crippen molar-refractivity contribution in [2.45, 2.75) is 13.8 Å². The van der Waals surface area contributed by atoms with Crippen LogP contribution in [0.15, 0.2) is 12.4 Å². The van der Waals surface area contributed by atoms with E-state index in [1.807, 2.05) is 0 Å². The number of halogens is 1. The van der Waals surface area contributed by atoms with E-state index in [4.69, 9.17) is 11.6 Å². The highest BCUT2D eigenvalue weighted by Gasteiger charge is 2.02. The molecule has 0 aliphatic carbocycles. The summed E-state index contributed by atoms with van der Waals surface area (Å²) in [5.74, 6) is 0.740. The summed E-state index contributed by atoms with van der Waals surface area (Å²) in [6.45, 7) is 5.97. The zero-order chi connectivity index (χ0) is 8.97. The zero-order valence-corrected chi connectivity index (χ0v) is 8.04. The van der Waals surface area contributed by atoms with Gasteiger partial charge in [0.15, 0.2) is 0 Å². The second-order valence-corrected chi connectivity index (χ2v) is 2.81. The summed E-state index contributed by atoms with van der Waals surface area (Å²) in [6.07, 6.45) is 3.23. The van der Waals surface area contributed by atoms with Gasteiger partial charge in [-0.15, -0.1) is 0 Å². The lowest BCUT2D eigenvalue weighted by Crippen LogP contribution is -2.23. The lowest BCUT2D eigenvalue weighted by atomic mass is 10.5. The van der Waals surface area contributed by atoms with Crippen molar-refractivity contribution in [3.63, 3.8) is 0 Å². The second kappa shape index (κ2) is 4.26. The first-order valence-electron chi connectivity index (χ1n) is 4.00. The van der Waals surface area contributed by atoms with Crippen LogP contribution in [0.2, 0.25) is 5.02 Å². The van der Waals surface area contributed by atoms with Crippen LogP contribution >= 0.6 is 11.6 Å². The Morgan fingerprint density at radius 2 is 1.75 bits per heavy atom. The molecule has 1 aromatic rings. The molecule has 0 saturated carbocycles. The molecule has 0 aromatic carbocycles. The molecule has 0 amide bonds. The maximum absolute atomic E-state index is 5.66. The van der Waals surface area contributed by atoms with Crippen LogP contribution in [0.4, 0.5) is 5.95 Å². The van der Waals surface area contributed by atoms with Crippen LogP contribution in [0.3, 0.4) is 0 Å². The van der Waals surface area contributed by atoms with Gasteiger partial charge in [0.25, 0.3) is 0 Å². The first-order chi connectivity index (χ1) is 5.77. The highest BCUT2D eigenvalue weighted by molar-refractivity contribution is 6.30. The summed E-state index contributed by atoms with van der Waals surface area (Å²) in [5, 5.41) is 0.575. The Hall–Kier alpha value is -0.830. The molecule has 0 radical (unpaired) electrons. The monoisotopic (exact) mass is 185 g/mol. The molecule has 0 N–H and O–H groups in total. The van der Waals surface area contributed by atoms with Gasteiger partial charge < -0.3 is 4.90 Å². The Labute approximate surface area is 77.4 Å². The van der Waals surface area contributed by atoms with Crippen LogP contribution in [-0.4, -0.2) is 23.1 Å². The Morgan fingerprint density at radius 3 is 2.17 bits per heavy atom. The van der Waals surface area contributed by atoms with E-state index in [1.54, 1.807) is 12.4 Å². The highest BCUT2D eigenvalue weighted by Crippen LogP contribution is 2.09. The molecule has 0 spiro atoms. The van der Waals surface area contributed by atoms with Gasteiger partial charge >= 0.3 is 0 Å². The van der Waals surface area contributed by atoms with Gasteiger partial charge in [-0.1, -0.05) is 11.6 Å². The van der Waals surface area contributed by atoms with Crippen LogP contribution in [0, 0.1) is 0 Å². The fourth-order valence-corrected chi connectivity index (χ4v) is 1.07. The standard InChI is InChI=1S/C8H12ClN3/c1-3-12(4-2)8-10-5-7(9)6-11-8/h5-6H,3-4H2,1-2H3. The summed E-state index contributed by atoms with van der Waals surface area (Å²) >= 11 is 5.66. The average molecular weight is 186 g/mol. The fourth-order valence-electron chi connectivity index (χ4n) is 0.975.